The largest absolute Gasteiger partial charge is 0.507 e. The van der Waals surface area contributed by atoms with Crippen LogP contribution in [0.2, 0.25) is 0 Å². The quantitative estimate of drug-likeness (QED) is 0.174. The molecule has 62 heavy (non-hydrogen) atoms. The molecule has 9 rings (SSSR count). The SMILES string of the molecule is [2H]C([2H])([2H])C(c1ccc(-n2c(-c3cc(C(C)(C)C)cc(C)c3O)nc3c(-c4cc(-c5ccccc5)cc(-c5cc(-c6ccc(C)cc6)ccn5)c4)cccc32)c(-c2ccccc2)c1)(C([2H])([2H])[2H])C([2H])([2H])[2H]. The van der Waals surface area contributed by atoms with Gasteiger partial charge in [0.1, 0.15) is 11.6 Å². The zero-order chi connectivity index (χ0) is 50.8. The number of imidazole rings is 1. The summed E-state index contributed by atoms with van der Waals surface area (Å²) in [5.74, 6) is 0.359. The maximum absolute atomic E-state index is 12.1. The highest BCUT2D eigenvalue weighted by atomic mass is 16.3. The average Bonchev–Trinajstić information content (AvgIpc) is 3.71. The van der Waals surface area contributed by atoms with Gasteiger partial charge in [-0.2, -0.15) is 0 Å². The summed E-state index contributed by atoms with van der Waals surface area (Å²) < 4.78 is 79.2. The van der Waals surface area contributed by atoms with Gasteiger partial charge in [0, 0.05) is 35.2 Å². The van der Waals surface area contributed by atoms with Gasteiger partial charge in [-0.05, 0) is 129 Å². The molecule has 306 valence electrons. The summed E-state index contributed by atoms with van der Waals surface area (Å²) in [5, 5.41) is 12.1. The highest BCUT2D eigenvalue weighted by Gasteiger charge is 2.26. The number of aryl methyl sites for hydroxylation is 2. The number of benzene rings is 7. The van der Waals surface area contributed by atoms with Crippen LogP contribution >= 0.6 is 0 Å². The smallest absolute Gasteiger partial charge is 0.149 e. The van der Waals surface area contributed by atoms with Crippen LogP contribution in [0, 0.1) is 13.8 Å². The molecule has 0 amide bonds. The van der Waals surface area contributed by atoms with Crippen LogP contribution in [0.25, 0.3) is 83.9 Å². The summed E-state index contributed by atoms with van der Waals surface area (Å²) in [6.45, 7) is -0.282. The Morgan fingerprint density at radius 1 is 0.516 bits per heavy atom. The number of phenolic OH excluding ortho intramolecular Hbond substituents is 1. The highest BCUT2D eigenvalue weighted by Crippen LogP contribution is 2.44. The van der Waals surface area contributed by atoms with Gasteiger partial charge < -0.3 is 5.11 Å². The van der Waals surface area contributed by atoms with E-state index in [0.29, 0.717) is 44.8 Å². The molecule has 0 aliphatic rings. The number of phenols is 1. The lowest BCUT2D eigenvalue weighted by Gasteiger charge is -2.24. The fourth-order valence-electron chi connectivity index (χ4n) is 8.20. The first-order valence-electron chi connectivity index (χ1n) is 25.3. The number of pyridine rings is 1. The molecule has 0 atom stereocenters. The molecule has 0 aliphatic carbocycles. The first-order valence-corrected chi connectivity index (χ1v) is 20.8. The van der Waals surface area contributed by atoms with E-state index in [4.69, 9.17) is 22.3 Å². The van der Waals surface area contributed by atoms with Gasteiger partial charge in [0.25, 0.3) is 0 Å². The standard InChI is InChI=1S/C58H53N3O/c1-37-22-24-40(25-23-37)42-28-29-59-51(34-42)45-32-43(39-16-11-9-12-17-39)31-44(33-45)48-20-15-21-53-54(48)60-56(50-36-47(58(6,7)8)30-38(2)55(50)62)61(53)52-27-26-46(57(3,4)5)35-49(52)41-18-13-10-14-19-41/h9-36,62H,1-8H3/i3D3,4D3,5D3. The van der Waals surface area contributed by atoms with E-state index >= 15 is 0 Å². The molecule has 1 N–H and O–H groups in total. The third-order valence-electron chi connectivity index (χ3n) is 11.6. The zero-order valence-corrected chi connectivity index (χ0v) is 35.5. The van der Waals surface area contributed by atoms with Gasteiger partial charge in [-0.15, -0.1) is 0 Å². The van der Waals surface area contributed by atoms with Gasteiger partial charge in [-0.1, -0.05) is 156 Å². The first-order chi connectivity index (χ1) is 33.5. The lowest BCUT2D eigenvalue weighted by molar-refractivity contribution is 0.471. The van der Waals surface area contributed by atoms with Crippen LogP contribution in [0.3, 0.4) is 0 Å². The minimum absolute atomic E-state index is 0.00750. The lowest BCUT2D eigenvalue weighted by Crippen LogP contribution is -2.13. The van der Waals surface area contributed by atoms with Crippen LogP contribution in [0.5, 0.6) is 5.75 Å². The van der Waals surface area contributed by atoms with Gasteiger partial charge >= 0.3 is 0 Å². The van der Waals surface area contributed by atoms with Crippen molar-refractivity contribution in [3.63, 3.8) is 0 Å². The Bertz CT molecular complexity index is 3400. The van der Waals surface area contributed by atoms with Crippen molar-refractivity contribution in [2.24, 2.45) is 0 Å². The van der Waals surface area contributed by atoms with Crippen LogP contribution in [0.15, 0.2) is 170 Å². The van der Waals surface area contributed by atoms with Gasteiger partial charge in [0.2, 0.25) is 0 Å². The van der Waals surface area contributed by atoms with Gasteiger partial charge in [0.15, 0.2) is 0 Å². The number of nitrogens with zero attached hydrogens (tertiary/aromatic N) is 3. The molecule has 0 saturated heterocycles. The molecular formula is C58H53N3O. The molecule has 0 radical (unpaired) electrons. The van der Waals surface area contributed by atoms with Gasteiger partial charge in [-0.3, -0.25) is 9.55 Å². The van der Waals surface area contributed by atoms with E-state index in [1.807, 2.05) is 78.4 Å². The molecule has 0 unspecified atom stereocenters. The molecule has 2 heterocycles. The number of fused-ring (bicyclic) bond motifs is 1. The van der Waals surface area contributed by atoms with E-state index in [-0.39, 0.29) is 16.7 Å². The lowest BCUT2D eigenvalue weighted by atomic mass is 9.84. The molecular weight excluding hydrogens is 755 g/mol. The van der Waals surface area contributed by atoms with Crippen molar-refractivity contribution in [3.05, 3.63) is 192 Å². The van der Waals surface area contributed by atoms with Crippen molar-refractivity contribution >= 4 is 11.0 Å². The van der Waals surface area contributed by atoms with Gasteiger partial charge in [0.05, 0.1) is 28.0 Å². The Morgan fingerprint density at radius 3 is 1.89 bits per heavy atom. The predicted molar refractivity (Wildman–Crippen MR) is 260 cm³/mol. The Labute approximate surface area is 378 Å². The Balaban J connectivity index is 1.37. The molecule has 4 heteroatoms. The summed E-state index contributed by atoms with van der Waals surface area (Å²) >= 11 is 0. The Morgan fingerprint density at radius 2 is 1.18 bits per heavy atom. The fourth-order valence-corrected chi connectivity index (χ4v) is 8.20. The summed E-state index contributed by atoms with van der Waals surface area (Å²) in [7, 11) is 0. The van der Waals surface area contributed by atoms with Crippen molar-refractivity contribution in [2.75, 3.05) is 0 Å². The molecule has 0 aliphatic heterocycles. The second-order valence-electron chi connectivity index (χ2n) is 17.2. The molecule has 0 fully saturated rings. The monoisotopic (exact) mass is 816 g/mol. The van der Waals surface area contributed by atoms with E-state index in [1.54, 1.807) is 30.3 Å². The molecule has 0 bridgehead atoms. The third-order valence-corrected chi connectivity index (χ3v) is 11.6. The van der Waals surface area contributed by atoms with Crippen LogP contribution in [0.1, 0.15) is 75.9 Å². The van der Waals surface area contributed by atoms with E-state index in [9.17, 15) is 5.11 Å². The van der Waals surface area contributed by atoms with Crippen molar-refractivity contribution in [1.82, 2.24) is 14.5 Å². The number of hydrogen-bond acceptors (Lipinski definition) is 3. The zero-order valence-electron chi connectivity index (χ0n) is 44.5. The fraction of sp³-hybridized carbons (Fsp3) is 0.172. The van der Waals surface area contributed by atoms with E-state index in [2.05, 4.69) is 88.4 Å². The number of para-hydroxylation sites is 1. The van der Waals surface area contributed by atoms with Crippen molar-refractivity contribution in [1.29, 1.82) is 0 Å². The number of hydrogen-bond donors (Lipinski definition) is 1. The summed E-state index contributed by atoms with van der Waals surface area (Å²) in [4.78, 5) is 10.4. The molecule has 0 spiro atoms. The van der Waals surface area contributed by atoms with E-state index in [1.165, 1.54) is 17.7 Å². The summed E-state index contributed by atoms with van der Waals surface area (Å²) in [6.07, 6.45) is 1.82. The van der Waals surface area contributed by atoms with Crippen LogP contribution in [-0.4, -0.2) is 19.6 Å². The first kappa shape index (κ1) is 30.9. The van der Waals surface area contributed by atoms with Crippen LogP contribution in [-0.2, 0) is 10.8 Å². The molecule has 2 aromatic heterocycles. The number of aromatic hydroxyl groups is 1. The summed E-state index contributed by atoms with van der Waals surface area (Å²) in [5.41, 5.74) is 9.03. The molecule has 4 nitrogen and oxygen atoms in total. The number of aromatic nitrogens is 3. The van der Waals surface area contributed by atoms with Crippen LogP contribution in [0.4, 0.5) is 0 Å². The topological polar surface area (TPSA) is 50.9 Å². The van der Waals surface area contributed by atoms with Crippen molar-refractivity contribution in [3.8, 4) is 78.6 Å². The minimum atomic E-state index is -3.48. The third kappa shape index (κ3) is 7.74. The second-order valence-corrected chi connectivity index (χ2v) is 17.2. The highest BCUT2D eigenvalue weighted by molar-refractivity contribution is 5.98. The minimum Gasteiger partial charge on any atom is -0.507 e. The van der Waals surface area contributed by atoms with Crippen molar-refractivity contribution in [2.45, 2.75) is 66.0 Å². The number of rotatable bonds is 7. The predicted octanol–water partition coefficient (Wildman–Crippen LogP) is 15.3. The normalized spacial score (nSPS) is 14.7. The second kappa shape index (κ2) is 15.8. The van der Waals surface area contributed by atoms with E-state index in [0.717, 1.165) is 50.2 Å². The Kier molecular flexibility index (Phi) is 7.86. The van der Waals surface area contributed by atoms with Crippen LogP contribution < -0.4 is 0 Å². The molecule has 9 aromatic rings. The molecule has 7 aromatic carbocycles. The van der Waals surface area contributed by atoms with E-state index < -0.39 is 26.0 Å². The van der Waals surface area contributed by atoms with Crippen molar-refractivity contribution < 1.29 is 17.4 Å². The maximum atomic E-state index is 12.1. The molecule has 0 saturated carbocycles. The Hall–Kier alpha value is -7.04. The van der Waals surface area contributed by atoms with Gasteiger partial charge in [-0.25, -0.2) is 4.98 Å². The maximum Gasteiger partial charge on any atom is 0.149 e. The average molecular weight is 817 g/mol. The summed E-state index contributed by atoms with van der Waals surface area (Å²) in [6, 6.07) is 52.0.